The highest BCUT2D eigenvalue weighted by Crippen LogP contribution is 2.71. The summed E-state index contributed by atoms with van der Waals surface area (Å²) in [6.45, 7) is 17.7. The maximum atomic E-state index is 13.9. The number of fused-ring (bicyclic) bond motifs is 4. The van der Waals surface area contributed by atoms with E-state index in [2.05, 4.69) is 47.6 Å². The van der Waals surface area contributed by atoms with Gasteiger partial charge in [0.2, 0.25) is 0 Å². The third-order valence-electron chi connectivity index (χ3n) is 11.3. The zero-order chi connectivity index (χ0) is 24.6. The fourth-order valence-corrected chi connectivity index (χ4v) is 9.04. The molecule has 2 N–H and O–H groups in total. The maximum absolute atomic E-state index is 13.9. The molecule has 2 fully saturated rings. The number of carbonyl (C=O) groups is 1. The summed E-state index contributed by atoms with van der Waals surface area (Å²) in [6.07, 6.45) is 11.7. The Labute approximate surface area is 202 Å². The lowest BCUT2D eigenvalue weighted by Gasteiger charge is -2.61. The first kappa shape index (κ1) is 25.2. The minimum atomic E-state index is -0.764. The zero-order valence-electron chi connectivity index (χ0n) is 22.4. The molecule has 0 heterocycles. The minimum Gasteiger partial charge on any atom is -0.393 e. The Morgan fingerprint density at radius 2 is 1.76 bits per heavy atom. The molecule has 0 aliphatic heterocycles. The van der Waals surface area contributed by atoms with Crippen molar-refractivity contribution in [2.75, 3.05) is 0 Å². The Balaban J connectivity index is 1.69. The topological polar surface area (TPSA) is 57.5 Å². The largest absolute Gasteiger partial charge is 0.393 e. The van der Waals surface area contributed by atoms with Crippen molar-refractivity contribution in [2.24, 2.45) is 39.4 Å². The van der Waals surface area contributed by atoms with Gasteiger partial charge in [-0.1, -0.05) is 59.3 Å². The SMILES string of the molecule is C[C@H](C/C=C/C(C)(C)O)[C@H]1CC[C@@]2(C)C3=C(CC[C@]12C)[C@@]1(C)CC[C@H](O)C(C)(C)[C@H]1CC3=O. The van der Waals surface area contributed by atoms with E-state index in [1.807, 2.05) is 19.9 Å². The van der Waals surface area contributed by atoms with Crippen LogP contribution in [0.25, 0.3) is 0 Å². The van der Waals surface area contributed by atoms with Crippen LogP contribution in [0.4, 0.5) is 0 Å². The number of rotatable bonds is 4. The standard InChI is InChI=1S/C30H48O3/c1-19(10-9-14-26(2,3)33)20-11-17-30(8)25-21(12-16-29(20,30)7)28(6)15-13-24(32)27(4,5)23(28)18-22(25)31/h9,14,19-20,23-24,32-33H,10-13,15-18H2,1-8H3/b14-9+/t19-,20-,23-,24+,28-,29-,30+/m1/s1. The van der Waals surface area contributed by atoms with Crippen LogP contribution in [0.1, 0.15) is 107 Å². The van der Waals surface area contributed by atoms with Gasteiger partial charge in [0.15, 0.2) is 5.78 Å². The molecule has 3 nitrogen and oxygen atoms in total. The first-order valence-electron chi connectivity index (χ1n) is 13.4. The molecule has 0 saturated heterocycles. The van der Waals surface area contributed by atoms with Crippen molar-refractivity contribution < 1.29 is 15.0 Å². The molecule has 0 aromatic carbocycles. The molecule has 4 rings (SSSR count). The summed E-state index contributed by atoms with van der Waals surface area (Å²) in [7, 11) is 0. The van der Waals surface area contributed by atoms with E-state index in [1.165, 1.54) is 17.6 Å². The first-order valence-corrected chi connectivity index (χ1v) is 13.4. The van der Waals surface area contributed by atoms with Gasteiger partial charge >= 0.3 is 0 Å². The summed E-state index contributed by atoms with van der Waals surface area (Å²) in [5.41, 5.74) is 1.79. The van der Waals surface area contributed by atoms with Crippen LogP contribution >= 0.6 is 0 Å². The number of Topliss-reactive ketones (excluding diaryl/α,β-unsaturated/α-hetero) is 1. The van der Waals surface area contributed by atoms with Gasteiger partial charge < -0.3 is 10.2 Å². The van der Waals surface area contributed by atoms with Crippen LogP contribution < -0.4 is 0 Å². The number of hydrogen-bond donors (Lipinski definition) is 2. The summed E-state index contributed by atoms with van der Waals surface area (Å²) < 4.78 is 0. The molecule has 186 valence electrons. The smallest absolute Gasteiger partial charge is 0.159 e. The molecule has 0 bridgehead atoms. The molecule has 7 atom stereocenters. The van der Waals surface area contributed by atoms with Crippen molar-refractivity contribution in [3.63, 3.8) is 0 Å². The molecule has 0 aromatic heterocycles. The molecular formula is C30H48O3. The molecule has 4 aliphatic carbocycles. The Morgan fingerprint density at radius 3 is 2.39 bits per heavy atom. The van der Waals surface area contributed by atoms with E-state index in [-0.39, 0.29) is 33.7 Å². The lowest BCUT2D eigenvalue weighted by Crippen LogP contribution is -2.57. The highest BCUT2D eigenvalue weighted by molar-refractivity contribution is 5.99. The molecular weight excluding hydrogens is 408 g/mol. The van der Waals surface area contributed by atoms with Crippen molar-refractivity contribution in [1.29, 1.82) is 0 Å². The highest BCUT2D eigenvalue weighted by Gasteiger charge is 2.65. The van der Waals surface area contributed by atoms with Crippen molar-refractivity contribution in [2.45, 2.75) is 118 Å². The summed E-state index contributed by atoms with van der Waals surface area (Å²) >= 11 is 0. The van der Waals surface area contributed by atoms with E-state index < -0.39 is 5.60 Å². The Hall–Kier alpha value is -0.930. The molecule has 0 radical (unpaired) electrons. The molecule has 3 heteroatoms. The fraction of sp³-hybridized carbons (Fsp3) is 0.833. The van der Waals surface area contributed by atoms with Crippen molar-refractivity contribution in [1.82, 2.24) is 0 Å². The molecule has 33 heavy (non-hydrogen) atoms. The fourth-order valence-electron chi connectivity index (χ4n) is 9.04. The van der Waals surface area contributed by atoms with Gasteiger partial charge in [0.05, 0.1) is 11.7 Å². The summed E-state index contributed by atoms with van der Waals surface area (Å²) in [5.74, 6) is 1.73. The van der Waals surface area contributed by atoms with Gasteiger partial charge in [0.1, 0.15) is 0 Å². The van der Waals surface area contributed by atoms with E-state index >= 15 is 0 Å². The average Bonchev–Trinajstić information content (AvgIpc) is 2.97. The van der Waals surface area contributed by atoms with Crippen molar-refractivity contribution in [3.05, 3.63) is 23.3 Å². The number of hydrogen-bond acceptors (Lipinski definition) is 3. The number of carbonyl (C=O) groups excluding carboxylic acids is 1. The summed E-state index contributed by atoms with van der Waals surface area (Å²) in [5, 5.41) is 20.8. The summed E-state index contributed by atoms with van der Waals surface area (Å²) in [4.78, 5) is 13.9. The quantitative estimate of drug-likeness (QED) is 0.467. The van der Waals surface area contributed by atoms with E-state index in [0.717, 1.165) is 38.5 Å². The van der Waals surface area contributed by atoms with Crippen LogP contribution in [0.3, 0.4) is 0 Å². The van der Waals surface area contributed by atoms with Crippen LogP contribution in [-0.2, 0) is 4.79 Å². The average molecular weight is 457 g/mol. The monoisotopic (exact) mass is 456 g/mol. The van der Waals surface area contributed by atoms with Crippen LogP contribution in [0.15, 0.2) is 23.3 Å². The van der Waals surface area contributed by atoms with Crippen LogP contribution in [-0.4, -0.2) is 27.7 Å². The van der Waals surface area contributed by atoms with Gasteiger partial charge in [0, 0.05) is 17.4 Å². The van der Waals surface area contributed by atoms with Crippen LogP contribution in [0.2, 0.25) is 0 Å². The molecule has 0 amide bonds. The second kappa shape index (κ2) is 7.79. The molecule has 0 unspecified atom stereocenters. The van der Waals surface area contributed by atoms with Crippen molar-refractivity contribution in [3.8, 4) is 0 Å². The zero-order valence-corrected chi connectivity index (χ0v) is 22.4. The lowest BCUT2D eigenvalue weighted by atomic mass is 9.43. The highest BCUT2D eigenvalue weighted by atomic mass is 16.3. The van der Waals surface area contributed by atoms with Crippen LogP contribution in [0, 0.1) is 39.4 Å². The Kier molecular flexibility index (Phi) is 5.94. The number of ketones is 1. The number of aliphatic hydroxyl groups excluding tert-OH is 1. The Morgan fingerprint density at radius 1 is 1.09 bits per heavy atom. The Bertz CT molecular complexity index is 873. The predicted molar refractivity (Wildman–Crippen MR) is 135 cm³/mol. The minimum absolute atomic E-state index is 0.0372. The summed E-state index contributed by atoms with van der Waals surface area (Å²) in [6, 6.07) is 0. The van der Waals surface area contributed by atoms with Gasteiger partial charge in [-0.25, -0.2) is 0 Å². The molecule has 4 aliphatic rings. The maximum Gasteiger partial charge on any atom is 0.159 e. The second-order valence-electron chi connectivity index (χ2n) is 14.0. The van der Waals surface area contributed by atoms with Gasteiger partial charge in [-0.2, -0.15) is 0 Å². The molecule has 0 spiro atoms. The van der Waals surface area contributed by atoms with Crippen molar-refractivity contribution >= 4 is 5.78 Å². The lowest BCUT2D eigenvalue weighted by molar-refractivity contribution is -0.134. The van der Waals surface area contributed by atoms with Crippen LogP contribution in [0.5, 0.6) is 0 Å². The molecule has 2 saturated carbocycles. The van der Waals surface area contributed by atoms with Gasteiger partial charge in [0.25, 0.3) is 0 Å². The van der Waals surface area contributed by atoms with Gasteiger partial charge in [-0.05, 0) is 92.8 Å². The van der Waals surface area contributed by atoms with E-state index in [0.29, 0.717) is 24.0 Å². The number of allylic oxidation sites excluding steroid dienone is 3. The predicted octanol–water partition coefficient (Wildman–Crippen LogP) is 6.63. The number of aliphatic hydroxyl groups is 2. The third-order valence-corrected chi connectivity index (χ3v) is 11.3. The second-order valence-corrected chi connectivity index (χ2v) is 14.0. The molecule has 0 aromatic rings. The normalized spacial score (nSPS) is 43.9. The van der Waals surface area contributed by atoms with E-state index in [4.69, 9.17) is 0 Å². The van der Waals surface area contributed by atoms with Gasteiger partial charge in [-0.3, -0.25) is 4.79 Å². The first-order chi connectivity index (χ1) is 15.1. The van der Waals surface area contributed by atoms with Gasteiger partial charge in [-0.15, -0.1) is 0 Å². The third kappa shape index (κ3) is 3.63. The van der Waals surface area contributed by atoms with E-state index in [9.17, 15) is 15.0 Å². The van der Waals surface area contributed by atoms with E-state index in [1.54, 1.807) is 0 Å².